The van der Waals surface area contributed by atoms with Crippen molar-refractivity contribution >= 4 is 12.7 Å². The summed E-state index contributed by atoms with van der Waals surface area (Å²) in [6, 6.07) is 7.05. The lowest BCUT2D eigenvalue weighted by Gasteiger charge is -2.14. The number of methoxy groups -OCH3 is 1. The maximum Gasteiger partial charge on any atom is 0.257 e. The molecule has 1 atom stereocenters. The van der Waals surface area contributed by atoms with Crippen LogP contribution in [-0.4, -0.2) is 14.2 Å². The SMILES string of the molecule is C=C[P@](=O)(OC)c1ccccc1OC. The molecule has 1 aromatic carbocycles. The van der Waals surface area contributed by atoms with Gasteiger partial charge in [0, 0.05) is 7.11 Å². The topological polar surface area (TPSA) is 35.5 Å². The van der Waals surface area contributed by atoms with E-state index in [0.717, 1.165) is 0 Å². The summed E-state index contributed by atoms with van der Waals surface area (Å²) in [6.07, 6.45) is 0. The smallest absolute Gasteiger partial charge is 0.257 e. The zero-order valence-corrected chi connectivity index (χ0v) is 9.16. The normalized spacial score (nSPS) is 14.4. The van der Waals surface area contributed by atoms with Gasteiger partial charge in [-0.15, -0.1) is 0 Å². The van der Waals surface area contributed by atoms with Crippen LogP contribution in [0, 0.1) is 0 Å². The second-order valence-electron chi connectivity index (χ2n) is 2.63. The van der Waals surface area contributed by atoms with Crippen LogP contribution in [0.3, 0.4) is 0 Å². The first kappa shape index (κ1) is 11.0. The molecule has 0 saturated carbocycles. The summed E-state index contributed by atoms with van der Waals surface area (Å²) in [6.45, 7) is 3.51. The average Bonchev–Trinajstić information content (AvgIpc) is 2.28. The van der Waals surface area contributed by atoms with Crippen molar-refractivity contribution < 1.29 is 13.8 Å². The van der Waals surface area contributed by atoms with Gasteiger partial charge in [0.1, 0.15) is 5.75 Å². The fraction of sp³-hybridized carbons (Fsp3) is 0.200. The van der Waals surface area contributed by atoms with E-state index in [0.29, 0.717) is 11.1 Å². The van der Waals surface area contributed by atoms with Crippen molar-refractivity contribution in [1.29, 1.82) is 0 Å². The molecule has 0 saturated heterocycles. The number of ether oxygens (including phenoxy) is 1. The molecule has 0 spiro atoms. The summed E-state index contributed by atoms with van der Waals surface area (Å²) in [5.74, 6) is 1.88. The van der Waals surface area contributed by atoms with Gasteiger partial charge in [0.25, 0.3) is 7.37 Å². The molecule has 0 heterocycles. The molecule has 0 fully saturated rings. The molecule has 0 radical (unpaired) electrons. The van der Waals surface area contributed by atoms with Crippen molar-refractivity contribution in [2.45, 2.75) is 0 Å². The molecule has 14 heavy (non-hydrogen) atoms. The lowest BCUT2D eigenvalue weighted by Crippen LogP contribution is -2.07. The van der Waals surface area contributed by atoms with Crippen molar-refractivity contribution in [2.24, 2.45) is 0 Å². The molecular formula is C10H13O3P. The largest absolute Gasteiger partial charge is 0.496 e. The van der Waals surface area contributed by atoms with Gasteiger partial charge in [-0.3, -0.25) is 4.57 Å². The summed E-state index contributed by atoms with van der Waals surface area (Å²) in [4.78, 5) is 0. The van der Waals surface area contributed by atoms with E-state index in [1.165, 1.54) is 20.0 Å². The molecule has 0 aliphatic heterocycles. The molecule has 3 nitrogen and oxygen atoms in total. The average molecular weight is 212 g/mol. The highest BCUT2D eigenvalue weighted by molar-refractivity contribution is 7.70. The first-order valence-corrected chi connectivity index (χ1v) is 5.80. The number of benzene rings is 1. The van der Waals surface area contributed by atoms with Crippen LogP contribution in [0.25, 0.3) is 0 Å². The summed E-state index contributed by atoms with van der Waals surface area (Å²) in [5.41, 5.74) is 0. The van der Waals surface area contributed by atoms with E-state index in [1.807, 2.05) is 6.07 Å². The van der Waals surface area contributed by atoms with E-state index in [2.05, 4.69) is 6.58 Å². The second-order valence-corrected chi connectivity index (χ2v) is 5.04. The van der Waals surface area contributed by atoms with Gasteiger partial charge < -0.3 is 9.26 Å². The first-order chi connectivity index (χ1) is 6.68. The van der Waals surface area contributed by atoms with E-state index < -0.39 is 7.37 Å². The van der Waals surface area contributed by atoms with Crippen LogP contribution in [0.5, 0.6) is 5.75 Å². The van der Waals surface area contributed by atoms with Gasteiger partial charge in [-0.25, -0.2) is 0 Å². The molecular weight excluding hydrogens is 199 g/mol. The van der Waals surface area contributed by atoms with Gasteiger partial charge in [0.15, 0.2) is 0 Å². The van der Waals surface area contributed by atoms with E-state index >= 15 is 0 Å². The van der Waals surface area contributed by atoms with E-state index in [1.54, 1.807) is 18.2 Å². The van der Waals surface area contributed by atoms with Crippen LogP contribution in [0.15, 0.2) is 36.7 Å². The Balaban J connectivity index is 3.30. The highest BCUT2D eigenvalue weighted by Crippen LogP contribution is 2.48. The number of hydrogen-bond donors (Lipinski definition) is 0. The van der Waals surface area contributed by atoms with Crippen molar-refractivity contribution in [1.82, 2.24) is 0 Å². The maximum atomic E-state index is 12.1. The van der Waals surface area contributed by atoms with E-state index in [-0.39, 0.29) is 0 Å². The van der Waals surface area contributed by atoms with E-state index in [4.69, 9.17) is 9.26 Å². The summed E-state index contributed by atoms with van der Waals surface area (Å²) in [5, 5.41) is 0.542. The van der Waals surface area contributed by atoms with Crippen LogP contribution in [-0.2, 0) is 9.09 Å². The predicted octanol–water partition coefficient (Wildman–Crippen LogP) is 2.39. The predicted molar refractivity (Wildman–Crippen MR) is 57.4 cm³/mol. The molecule has 4 heteroatoms. The maximum absolute atomic E-state index is 12.1. The molecule has 76 valence electrons. The molecule has 1 rings (SSSR count). The minimum Gasteiger partial charge on any atom is -0.496 e. The molecule has 1 aromatic rings. The summed E-state index contributed by atoms with van der Waals surface area (Å²) >= 11 is 0. The minimum atomic E-state index is -2.95. The first-order valence-electron chi connectivity index (χ1n) is 4.10. The Morgan fingerprint density at radius 1 is 1.36 bits per heavy atom. The van der Waals surface area contributed by atoms with Gasteiger partial charge >= 0.3 is 0 Å². The van der Waals surface area contributed by atoms with Gasteiger partial charge in [0.05, 0.1) is 12.4 Å². The lowest BCUT2D eigenvalue weighted by atomic mass is 10.3. The van der Waals surface area contributed by atoms with Crippen LogP contribution >= 0.6 is 7.37 Å². The Morgan fingerprint density at radius 3 is 2.50 bits per heavy atom. The zero-order valence-electron chi connectivity index (χ0n) is 8.27. The van der Waals surface area contributed by atoms with Crippen LogP contribution < -0.4 is 10.0 Å². The van der Waals surface area contributed by atoms with Crippen molar-refractivity contribution in [3.8, 4) is 5.75 Å². The second kappa shape index (κ2) is 4.45. The Morgan fingerprint density at radius 2 is 2.00 bits per heavy atom. The lowest BCUT2D eigenvalue weighted by molar-refractivity contribution is 0.401. The quantitative estimate of drug-likeness (QED) is 0.719. The molecule has 0 aliphatic rings. The highest BCUT2D eigenvalue weighted by Gasteiger charge is 2.23. The number of para-hydroxylation sites is 1. The number of hydrogen-bond acceptors (Lipinski definition) is 3. The van der Waals surface area contributed by atoms with Crippen molar-refractivity contribution in [3.63, 3.8) is 0 Å². The van der Waals surface area contributed by atoms with E-state index in [9.17, 15) is 4.57 Å². The van der Waals surface area contributed by atoms with Gasteiger partial charge in [0.2, 0.25) is 0 Å². The zero-order chi connectivity index (χ0) is 10.6. The third kappa shape index (κ3) is 1.89. The van der Waals surface area contributed by atoms with Crippen molar-refractivity contribution in [3.05, 3.63) is 36.7 Å². The highest BCUT2D eigenvalue weighted by atomic mass is 31.2. The summed E-state index contributed by atoms with van der Waals surface area (Å²) in [7, 11) is -0.0214. The molecule has 0 aromatic heterocycles. The Labute approximate surface area is 83.8 Å². The molecule has 0 aliphatic carbocycles. The Hall–Kier alpha value is -1.05. The van der Waals surface area contributed by atoms with Gasteiger partial charge in [-0.1, -0.05) is 18.7 Å². The molecule has 0 bridgehead atoms. The molecule has 0 unspecified atom stereocenters. The van der Waals surface area contributed by atoms with Gasteiger partial charge in [-0.2, -0.15) is 0 Å². The third-order valence-corrected chi connectivity index (χ3v) is 4.00. The number of rotatable bonds is 4. The molecule has 0 N–H and O–H groups in total. The standard InChI is InChI=1S/C10H13O3P/c1-4-14(11,13-3)10-8-6-5-7-9(10)12-2/h4-8H,1H2,2-3H3/t14-/m0/s1. The van der Waals surface area contributed by atoms with Crippen molar-refractivity contribution in [2.75, 3.05) is 14.2 Å². The fourth-order valence-electron chi connectivity index (χ4n) is 1.16. The van der Waals surface area contributed by atoms with Gasteiger partial charge in [-0.05, 0) is 17.9 Å². The fourth-order valence-corrected chi connectivity index (χ4v) is 2.47. The Kier molecular flexibility index (Phi) is 3.50. The molecule has 0 amide bonds. The Bertz CT molecular complexity index is 373. The third-order valence-electron chi connectivity index (χ3n) is 1.93. The monoisotopic (exact) mass is 212 g/mol. The van der Waals surface area contributed by atoms with Crippen LogP contribution in [0.2, 0.25) is 0 Å². The minimum absolute atomic E-state index is 0.542. The van der Waals surface area contributed by atoms with Crippen LogP contribution in [0.4, 0.5) is 0 Å². The van der Waals surface area contributed by atoms with Crippen LogP contribution in [0.1, 0.15) is 0 Å². The summed E-state index contributed by atoms with van der Waals surface area (Å²) < 4.78 is 22.2.